The van der Waals surface area contributed by atoms with Crippen molar-refractivity contribution in [1.82, 2.24) is 15.1 Å². The van der Waals surface area contributed by atoms with E-state index in [-0.39, 0.29) is 0 Å². The summed E-state index contributed by atoms with van der Waals surface area (Å²) in [5.74, 6) is 0.610. The predicted octanol–water partition coefficient (Wildman–Crippen LogP) is 3.24. The zero-order chi connectivity index (χ0) is 16.2. The summed E-state index contributed by atoms with van der Waals surface area (Å²) >= 11 is 0. The van der Waals surface area contributed by atoms with E-state index < -0.39 is 0 Å². The van der Waals surface area contributed by atoms with Gasteiger partial charge < -0.3 is 10.2 Å². The van der Waals surface area contributed by atoms with Gasteiger partial charge in [-0.1, -0.05) is 38.1 Å². The molecule has 0 aromatic heterocycles. The van der Waals surface area contributed by atoms with Crippen LogP contribution < -0.4 is 5.32 Å². The predicted molar refractivity (Wildman–Crippen MR) is 98.0 cm³/mol. The largest absolute Gasteiger partial charge is 0.314 e. The molecule has 0 spiro atoms. The van der Waals surface area contributed by atoms with Crippen molar-refractivity contribution in [3.63, 3.8) is 0 Å². The number of rotatable bonds is 5. The van der Waals surface area contributed by atoms with Crippen molar-refractivity contribution in [1.29, 1.82) is 0 Å². The third kappa shape index (κ3) is 4.14. The molecule has 3 nitrogen and oxygen atoms in total. The molecule has 128 valence electrons. The van der Waals surface area contributed by atoms with E-state index in [4.69, 9.17) is 0 Å². The fourth-order valence-electron chi connectivity index (χ4n) is 4.03. The van der Waals surface area contributed by atoms with Gasteiger partial charge in [-0.25, -0.2) is 0 Å². The minimum Gasteiger partial charge on any atom is -0.314 e. The lowest BCUT2D eigenvalue weighted by Gasteiger charge is -2.41. The van der Waals surface area contributed by atoms with Crippen LogP contribution in [-0.2, 0) is 0 Å². The maximum Gasteiger partial charge on any atom is 0.0479 e. The topological polar surface area (TPSA) is 18.5 Å². The minimum atomic E-state index is 0.534. The first-order chi connectivity index (χ1) is 11.1. The standard InChI is InChI=1S/C20H33N3/c1-16(2)18-6-8-19(9-7-18)20(15-22-11-4-5-12-22)23-13-10-21-14-17(23)3/h6-9,16-17,20-21H,4-5,10-15H2,1-3H3. The maximum atomic E-state index is 3.53. The Hall–Kier alpha value is -0.900. The lowest BCUT2D eigenvalue weighted by molar-refractivity contribution is 0.0907. The second kappa shape index (κ2) is 7.78. The van der Waals surface area contributed by atoms with Gasteiger partial charge in [0.15, 0.2) is 0 Å². The summed E-state index contributed by atoms with van der Waals surface area (Å²) in [7, 11) is 0. The average molecular weight is 316 g/mol. The monoisotopic (exact) mass is 315 g/mol. The van der Waals surface area contributed by atoms with Crippen LogP contribution in [0.25, 0.3) is 0 Å². The van der Waals surface area contributed by atoms with Gasteiger partial charge >= 0.3 is 0 Å². The molecule has 2 aliphatic heterocycles. The molecule has 2 unspecified atom stereocenters. The van der Waals surface area contributed by atoms with Crippen LogP contribution in [0, 0.1) is 0 Å². The highest BCUT2D eigenvalue weighted by Crippen LogP contribution is 2.28. The number of piperazine rings is 1. The van der Waals surface area contributed by atoms with Crippen LogP contribution in [0.5, 0.6) is 0 Å². The van der Waals surface area contributed by atoms with Crippen LogP contribution in [0.2, 0.25) is 0 Å². The van der Waals surface area contributed by atoms with Gasteiger partial charge in [-0.15, -0.1) is 0 Å². The Morgan fingerprint density at radius 1 is 1.04 bits per heavy atom. The summed E-state index contributed by atoms with van der Waals surface area (Å²) in [4.78, 5) is 5.38. The van der Waals surface area contributed by atoms with Gasteiger partial charge in [-0.3, -0.25) is 4.90 Å². The Labute approximate surface area is 142 Å². The third-order valence-electron chi connectivity index (χ3n) is 5.57. The van der Waals surface area contributed by atoms with Gasteiger partial charge in [0.05, 0.1) is 0 Å². The maximum absolute atomic E-state index is 3.53. The van der Waals surface area contributed by atoms with E-state index in [9.17, 15) is 0 Å². The number of nitrogens with zero attached hydrogens (tertiary/aromatic N) is 2. The van der Waals surface area contributed by atoms with E-state index in [2.05, 4.69) is 60.2 Å². The van der Waals surface area contributed by atoms with Crippen molar-refractivity contribution in [2.75, 3.05) is 39.3 Å². The van der Waals surface area contributed by atoms with Crippen LogP contribution in [0.1, 0.15) is 56.7 Å². The number of hydrogen-bond acceptors (Lipinski definition) is 3. The molecule has 2 heterocycles. The molecule has 0 aliphatic carbocycles. The number of nitrogens with one attached hydrogen (secondary N) is 1. The van der Waals surface area contributed by atoms with Crippen molar-refractivity contribution in [2.45, 2.75) is 51.6 Å². The highest BCUT2D eigenvalue weighted by Gasteiger charge is 2.29. The highest BCUT2D eigenvalue weighted by molar-refractivity contribution is 5.27. The van der Waals surface area contributed by atoms with Crippen LogP contribution in [0.4, 0.5) is 0 Å². The quantitative estimate of drug-likeness (QED) is 0.900. The summed E-state index contributed by atoms with van der Waals surface area (Å²) in [6.07, 6.45) is 2.74. The fraction of sp³-hybridized carbons (Fsp3) is 0.700. The van der Waals surface area contributed by atoms with E-state index in [1.54, 1.807) is 0 Å². The van der Waals surface area contributed by atoms with Gasteiger partial charge in [0, 0.05) is 38.3 Å². The van der Waals surface area contributed by atoms with Crippen molar-refractivity contribution in [3.05, 3.63) is 35.4 Å². The van der Waals surface area contributed by atoms with Crippen LogP contribution in [0.15, 0.2) is 24.3 Å². The van der Waals surface area contributed by atoms with Gasteiger partial charge in [-0.2, -0.15) is 0 Å². The van der Waals surface area contributed by atoms with Gasteiger partial charge in [0.1, 0.15) is 0 Å². The molecular formula is C20H33N3. The molecule has 0 bridgehead atoms. The normalized spacial score (nSPS) is 25.1. The first kappa shape index (κ1) is 16.9. The summed E-state index contributed by atoms with van der Waals surface area (Å²) in [5.41, 5.74) is 2.94. The molecule has 0 amide bonds. The molecule has 2 atom stereocenters. The Morgan fingerprint density at radius 3 is 2.30 bits per heavy atom. The third-order valence-corrected chi connectivity index (χ3v) is 5.57. The average Bonchev–Trinajstić information content (AvgIpc) is 3.07. The zero-order valence-electron chi connectivity index (χ0n) is 15.1. The SMILES string of the molecule is CC(C)c1ccc(C(CN2CCCC2)N2CCNCC2C)cc1. The second-order valence-electron chi connectivity index (χ2n) is 7.64. The van der Waals surface area contributed by atoms with E-state index in [1.165, 1.54) is 43.6 Å². The zero-order valence-corrected chi connectivity index (χ0v) is 15.1. The number of hydrogen-bond donors (Lipinski definition) is 1. The molecule has 3 rings (SSSR count). The lowest BCUT2D eigenvalue weighted by Crippen LogP contribution is -2.52. The first-order valence-electron chi connectivity index (χ1n) is 9.44. The highest BCUT2D eigenvalue weighted by atomic mass is 15.3. The molecule has 2 fully saturated rings. The minimum absolute atomic E-state index is 0.534. The van der Waals surface area contributed by atoms with E-state index >= 15 is 0 Å². The van der Waals surface area contributed by atoms with Crippen molar-refractivity contribution in [2.24, 2.45) is 0 Å². The first-order valence-corrected chi connectivity index (χ1v) is 9.44. The van der Waals surface area contributed by atoms with Crippen molar-refractivity contribution < 1.29 is 0 Å². The van der Waals surface area contributed by atoms with Gasteiger partial charge in [0.25, 0.3) is 0 Å². The number of likely N-dealkylation sites (tertiary alicyclic amines) is 1. The van der Waals surface area contributed by atoms with E-state index in [1.807, 2.05) is 0 Å². The molecule has 1 aromatic rings. The van der Waals surface area contributed by atoms with Gasteiger partial charge in [-0.05, 0) is 49.9 Å². The molecule has 1 N–H and O–H groups in total. The summed E-state index contributed by atoms with van der Waals surface area (Å²) in [6, 6.07) is 10.6. The lowest BCUT2D eigenvalue weighted by atomic mass is 9.97. The summed E-state index contributed by atoms with van der Waals surface area (Å²) in [5, 5.41) is 3.53. The van der Waals surface area contributed by atoms with E-state index in [0.717, 1.165) is 19.6 Å². The molecule has 3 heteroatoms. The molecule has 2 aliphatic rings. The molecule has 2 saturated heterocycles. The Morgan fingerprint density at radius 2 is 1.70 bits per heavy atom. The Bertz CT molecular complexity index is 476. The Balaban J connectivity index is 1.80. The molecule has 1 aromatic carbocycles. The van der Waals surface area contributed by atoms with Crippen LogP contribution >= 0.6 is 0 Å². The molecule has 0 saturated carbocycles. The summed E-state index contributed by atoms with van der Waals surface area (Å²) < 4.78 is 0. The second-order valence-corrected chi connectivity index (χ2v) is 7.64. The molecule has 23 heavy (non-hydrogen) atoms. The van der Waals surface area contributed by atoms with Crippen LogP contribution in [0.3, 0.4) is 0 Å². The van der Waals surface area contributed by atoms with Crippen LogP contribution in [-0.4, -0.2) is 55.1 Å². The van der Waals surface area contributed by atoms with E-state index in [0.29, 0.717) is 18.0 Å². The fourth-order valence-corrected chi connectivity index (χ4v) is 4.03. The van der Waals surface area contributed by atoms with Crippen molar-refractivity contribution in [3.8, 4) is 0 Å². The van der Waals surface area contributed by atoms with Gasteiger partial charge in [0.2, 0.25) is 0 Å². The Kier molecular flexibility index (Phi) is 5.73. The van der Waals surface area contributed by atoms with Crippen molar-refractivity contribution >= 4 is 0 Å². The number of benzene rings is 1. The molecule has 0 radical (unpaired) electrons. The molecular weight excluding hydrogens is 282 g/mol. The summed E-state index contributed by atoms with van der Waals surface area (Å²) in [6.45, 7) is 14.0. The smallest absolute Gasteiger partial charge is 0.0479 e.